The molecule has 0 bridgehead atoms. The summed E-state index contributed by atoms with van der Waals surface area (Å²) < 4.78 is 6.40. The number of fused-ring (bicyclic) bond motifs is 2. The molecule has 0 radical (unpaired) electrons. The van der Waals surface area contributed by atoms with Crippen LogP contribution in [-0.4, -0.2) is 40.1 Å². The Morgan fingerprint density at radius 3 is 2.96 bits per heavy atom. The topological polar surface area (TPSA) is 51.1 Å². The highest BCUT2D eigenvalue weighted by molar-refractivity contribution is 7.16. The van der Waals surface area contributed by atoms with Gasteiger partial charge in [-0.3, -0.25) is 4.90 Å². The third kappa shape index (κ3) is 2.87. The summed E-state index contributed by atoms with van der Waals surface area (Å²) in [6.45, 7) is 4.28. The second-order valence-electron chi connectivity index (χ2n) is 6.12. The Kier molecular flexibility index (Phi) is 4.16. The van der Waals surface area contributed by atoms with E-state index >= 15 is 0 Å². The predicted molar refractivity (Wildman–Crippen MR) is 95.6 cm³/mol. The molecule has 0 fully saturated rings. The van der Waals surface area contributed by atoms with E-state index in [1.807, 2.05) is 11.7 Å². The maximum Gasteiger partial charge on any atom is 0.316 e. The van der Waals surface area contributed by atoms with Crippen molar-refractivity contribution in [2.24, 2.45) is 0 Å². The van der Waals surface area contributed by atoms with Gasteiger partial charge in [0.15, 0.2) is 0 Å². The first-order valence-electron chi connectivity index (χ1n) is 8.20. The molecule has 5 nitrogen and oxygen atoms in total. The Morgan fingerprint density at radius 2 is 2.08 bits per heavy atom. The number of rotatable bonds is 3. The molecular formula is C18H20N4OS. The number of nitrogens with zero attached hydrogens (tertiary/aromatic N) is 4. The molecule has 24 heavy (non-hydrogen) atoms. The van der Waals surface area contributed by atoms with Crippen LogP contribution in [0.25, 0.3) is 10.2 Å². The lowest BCUT2D eigenvalue weighted by Gasteiger charge is -2.27. The predicted octanol–water partition coefficient (Wildman–Crippen LogP) is 3.26. The highest BCUT2D eigenvalue weighted by Crippen LogP contribution is 2.27. The smallest absolute Gasteiger partial charge is 0.316 e. The van der Waals surface area contributed by atoms with Gasteiger partial charge in [0.25, 0.3) is 0 Å². The lowest BCUT2D eigenvalue weighted by atomic mass is 10.1. The van der Waals surface area contributed by atoms with Gasteiger partial charge in [-0.05, 0) is 36.6 Å². The van der Waals surface area contributed by atoms with Crippen molar-refractivity contribution in [2.75, 3.05) is 20.2 Å². The molecule has 0 saturated carbocycles. The van der Waals surface area contributed by atoms with Crippen LogP contribution in [0.3, 0.4) is 0 Å². The van der Waals surface area contributed by atoms with Crippen LogP contribution in [0.2, 0.25) is 0 Å². The average Bonchev–Trinajstić information content (AvgIpc) is 2.99. The first-order valence-corrected chi connectivity index (χ1v) is 9.08. The minimum absolute atomic E-state index is 0.361. The Hall–Kier alpha value is -2.05. The molecule has 0 spiro atoms. The number of aromatic nitrogens is 3. The van der Waals surface area contributed by atoms with Crippen LogP contribution >= 0.6 is 11.3 Å². The monoisotopic (exact) mass is 340 g/mol. The van der Waals surface area contributed by atoms with Gasteiger partial charge < -0.3 is 4.74 Å². The lowest BCUT2D eigenvalue weighted by molar-refractivity contribution is 0.221. The molecule has 1 atom stereocenters. The molecule has 1 unspecified atom stereocenters. The first-order chi connectivity index (χ1) is 11.7. The third-order valence-electron chi connectivity index (χ3n) is 4.80. The van der Waals surface area contributed by atoms with Crippen LogP contribution in [0.5, 0.6) is 6.01 Å². The van der Waals surface area contributed by atoms with Crippen molar-refractivity contribution in [2.45, 2.75) is 25.8 Å². The highest BCUT2D eigenvalue weighted by Gasteiger charge is 2.21. The van der Waals surface area contributed by atoms with E-state index in [0.717, 1.165) is 37.1 Å². The van der Waals surface area contributed by atoms with Crippen molar-refractivity contribution >= 4 is 21.6 Å². The molecule has 0 aliphatic carbocycles. The fraction of sp³-hybridized carbons (Fsp3) is 0.389. The van der Waals surface area contributed by atoms with E-state index in [0.29, 0.717) is 12.1 Å². The minimum atomic E-state index is 0.361. The summed E-state index contributed by atoms with van der Waals surface area (Å²) in [5.41, 5.74) is 6.68. The number of ether oxygens (including phenoxy) is 1. The Morgan fingerprint density at radius 1 is 1.21 bits per heavy atom. The second kappa shape index (κ2) is 6.45. The summed E-state index contributed by atoms with van der Waals surface area (Å²) in [6.07, 6.45) is 3.82. The van der Waals surface area contributed by atoms with Gasteiger partial charge in [0.05, 0.1) is 28.5 Å². The summed E-state index contributed by atoms with van der Waals surface area (Å²) in [4.78, 5) is 15.7. The van der Waals surface area contributed by atoms with Gasteiger partial charge in [-0.2, -0.15) is 4.98 Å². The summed E-state index contributed by atoms with van der Waals surface area (Å²) in [5.74, 6) is 0. The second-order valence-corrected chi connectivity index (χ2v) is 7.01. The van der Waals surface area contributed by atoms with Crippen LogP contribution in [0, 0.1) is 0 Å². The van der Waals surface area contributed by atoms with Crippen molar-refractivity contribution in [3.63, 3.8) is 0 Å². The zero-order chi connectivity index (χ0) is 16.5. The average molecular weight is 340 g/mol. The summed E-state index contributed by atoms with van der Waals surface area (Å²) in [7, 11) is 1.61. The Labute approximate surface area is 145 Å². The summed E-state index contributed by atoms with van der Waals surface area (Å²) in [6, 6.07) is 7.45. The van der Waals surface area contributed by atoms with Gasteiger partial charge in [0, 0.05) is 31.7 Å². The van der Waals surface area contributed by atoms with Crippen LogP contribution in [-0.2, 0) is 12.8 Å². The first kappa shape index (κ1) is 15.5. The molecule has 0 amide bonds. The van der Waals surface area contributed by atoms with E-state index in [2.05, 4.69) is 45.0 Å². The normalized spacial score (nSPS) is 16.6. The molecule has 1 aliphatic heterocycles. The van der Waals surface area contributed by atoms with E-state index in [1.54, 1.807) is 18.4 Å². The van der Waals surface area contributed by atoms with Gasteiger partial charge in [-0.25, -0.2) is 9.97 Å². The zero-order valence-corrected chi connectivity index (χ0v) is 14.7. The maximum atomic E-state index is 5.16. The van der Waals surface area contributed by atoms with Gasteiger partial charge in [0.1, 0.15) is 0 Å². The molecule has 1 aliphatic rings. The molecule has 2 aromatic heterocycles. The standard InChI is InChI=1S/C18H20N4OS/c1-12(13-3-4-17-16(9-13)20-11-24-17)22-7-5-14-10-19-18(23-2)21-15(14)6-8-22/h3-4,9-12H,5-8H2,1-2H3. The highest BCUT2D eigenvalue weighted by atomic mass is 32.1. The fourth-order valence-corrected chi connectivity index (χ4v) is 3.96. The van der Waals surface area contributed by atoms with Gasteiger partial charge in [-0.15, -0.1) is 11.3 Å². The molecular weight excluding hydrogens is 320 g/mol. The molecule has 4 rings (SSSR count). The van der Waals surface area contributed by atoms with Crippen molar-refractivity contribution in [1.29, 1.82) is 0 Å². The Balaban J connectivity index is 1.54. The fourth-order valence-electron chi connectivity index (χ4n) is 3.31. The number of thiazole rings is 1. The van der Waals surface area contributed by atoms with Crippen LogP contribution in [0.1, 0.15) is 29.8 Å². The summed E-state index contributed by atoms with van der Waals surface area (Å²) in [5, 5.41) is 0. The SMILES string of the molecule is COc1ncc2c(n1)CCN(C(C)c1ccc3scnc3c1)CC2. The van der Waals surface area contributed by atoms with Crippen LogP contribution < -0.4 is 4.74 Å². The maximum absolute atomic E-state index is 5.16. The molecule has 0 N–H and O–H groups in total. The van der Waals surface area contributed by atoms with Crippen LogP contribution in [0.15, 0.2) is 29.9 Å². The third-order valence-corrected chi connectivity index (χ3v) is 5.61. The van der Waals surface area contributed by atoms with E-state index in [4.69, 9.17) is 4.74 Å². The molecule has 1 aromatic carbocycles. The Bertz CT molecular complexity index is 863. The number of benzene rings is 1. The van der Waals surface area contributed by atoms with E-state index in [9.17, 15) is 0 Å². The van der Waals surface area contributed by atoms with Gasteiger partial charge >= 0.3 is 6.01 Å². The number of hydrogen-bond donors (Lipinski definition) is 0. The van der Waals surface area contributed by atoms with Gasteiger partial charge in [-0.1, -0.05) is 6.07 Å². The quantitative estimate of drug-likeness (QED) is 0.732. The molecule has 124 valence electrons. The van der Waals surface area contributed by atoms with Crippen molar-refractivity contribution < 1.29 is 4.74 Å². The molecule has 0 saturated heterocycles. The van der Waals surface area contributed by atoms with Crippen LogP contribution in [0.4, 0.5) is 0 Å². The number of methoxy groups -OCH3 is 1. The minimum Gasteiger partial charge on any atom is -0.467 e. The molecule has 3 aromatic rings. The van der Waals surface area contributed by atoms with Crippen molar-refractivity contribution in [1.82, 2.24) is 19.9 Å². The van der Waals surface area contributed by atoms with Crippen molar-refractivity contribution in [3.8, 4) is 6.01 Å². The van der Waals surface area contributed by atoms with E-state index in [1.165, 1.54) is 15.8 Å². The largest absolute Gasteiger partial charge is 0.467 e. The molecule has 3 heterocycles. The summed E-state index contributed by atoms with van der Waals surface area (Å²) >= 11 is 1.69. The molecule has 6 heteroatoms. The zero-order valence-electron chi connectivity index (χ0n) is 13.9. The number of hydrogen-bond acceptors (Lipinski definition) is 6. The van der Waals surface area contributed by atoms with Gasteiger partial charge in [0.2, 0.25) is 0 Å². The lowest BCUT2D eigenvalue weighted by Crippen LogP contribution is -2.29. The van der Waals surface area contributed by atoms with E-state index < -0.39 is 0 Å². The van der Waals surface area contributed by atoms with Crippen molar-refractivity contribution in [3.05, 3.63) is 46.7 Å². The van der Waals surface area contributed by atoms with E-state index in [-0.39, 0.29) is 0 Å².